The van der Waals surface area contributed by atoms with Gasteiger partial charge < -0.3 is 19.5 Å². The molecule has 3 heterocycles. The van der Waals surface area contributed by atoms with Crippen LogP contribution in [0.2, 0.25) is 0 Å². The summed E-state index contributed by atoms with van der Waals surface area (Å²) in [6.07, 6.45) is 6.35. The Kier molecular flexibility index (Phi) is 6.70. The number of benzene rings is 1. The quantitative estimate of drug-likeness (QED) is 0.493. The second-order valence-electron chi connectivity index (χ2n) is 7.64. The fraction of sp³-hybridized carbons (Fsp3) is 0.333. The van der Waals surface area contributed by atoms with Crippen LogP contribution in [0.15, 0.2) is 49.1 Å². The average Bonchev–Trinajstić information content (AvgIpc) is 3.26. The summed E-state index contributed by atoms with van der Waals surface area (Å²) in [7, 11) is -2.75. The molecule has 170 valence electrons. The van der Waals surface area contributed by atoms with E-state index >= 15 is 0 Å². The maximum absolute atomic E-state index is 12.2. The fourth-order valence-corrected chi connectivity index (χ4v) is 4.08. The Hall–Kier alpha value is -2.99. The lowest BCUT2D eigenvalue weighted by atomic mass is 10.2. The van der Waals surface area contributed by atoms with Crippen molar-refractivity contribution >= 4 is 28.0 Å². The SMILES string of the molecule is CS(O)(O)Cc1cc(N2CCOCC2)nc(-c2ccc(NC(=O)Cn3ccnc3)cc2)n1. The van der Waals surface area contributed by atoms with E-state index in [2.05, 4.69) is 20.2 Å². The van der Waals surface area contributed by atoms with Crippen LogP contribution in [0.25, 0.3) is 11.4 Å². The molecule has 4 rings (SSSR count). The van der Waals surface area contributed by atoms with E-state index in [0.717, 1.165) is 11.4 Å². The van der Waals surface area contributed by atoms with E-state index in [1.807, 2.05) is 12.1 Å². The molecule has 1 amide bonds. The van der Waals surface area contributed by atoms with Crippen molar-refractivity contribution in [2.75, 3.05) is 42.8 Å². The van der Waals surface area contributed by atoms with Gasteiger partial charge in [0.2, 0.25) is 5.91 Å². The molecule has 11 heteroatoms. The van der Waals surface area contributed by atoms with E-state index in [1.54, 1.807) is 41.5 Å². The fourth-order valence-electron chi connectivity index (χ4n) is 3.37. The maximum Gasteiger partial charge on any atom is 0.244 e. The van der Waals surface area contributed by atoms with E-state index < -0.39 is 10.6 Å². The van der Waals surface area contributed by atoms with Crippen molar-refractivity contribution in [2.24, 2.45) is 0 Å². The first kappa shape index (κ1) is 22.2. The monoisotopic (exact) mass is 458 g/mol. The van der Waals surface area contributed by atoms with Gasteiger partial charge in [-0.2, -0.15) is 10.6 Å². The number of nitrogens with one attached hydrogen (secondary N) is 1. The van der Waals surface area contributed by atoms with Crippen LogP contribution < -0.4 is 10.2 Å². The standard InChI is InChI=1S/C21H26N6O4S/c1-32(29,30)14-18-12-19(27-8-10-31-11-9-27)25-21(24-18)16-2-4-17(5-3-16)23-20(28)13-26-7-6-22-15-26/h2-7,12,15,29-30H,8-11,13-14H2,1H3,(H,23,28). The van der Waals surface area contributed by atoms with Gasteiger partial charge in [0, 0.05) is 49.1 Å². The minimum Gasteiger partial charge on any atom is -0.378 e. The number of morpholine rings is 1. The molecule has 1 fully saturated rings. The van der Waals surface area contributed by atoms with Crippen molar-refractivity contribution in [1.29, 1.82) is 0 Å². The lowest BCUT2D eigenvalue weighted by Gasteiger charge is -2.30. The number of hydrogen-bond donors (Lipinski definition) is 3. The van der Waals surface area contributed by atoms with Crippen molar-refractivity contribution in [3.8, 4) is 11.4 Å². The predicted octanol–water partition coefficient (Wildman–Crippen LogP) is 2.70. The zero-order valence-corrected chi connectivity index (χ0v) is 18.5. The Morgan fingerprint density at radius 2 is 1.94 bits per heavy atom. The number of carbonyl (C=O) groups is 1. The number of ether oxygens (including phenoxy) is 1. The molecular formula is C21H26N6O4S. The Labute approximate surface area is 187 Å². The number of amides is 1. The number of aromatic nitrogens is 4. The molecule has 2 aromatic heterocycles. The molecule has 1 saturated heterocycles. The van der Waals surface area contributed by atoms with E-state index in [9.17, 15) is 13.9 Å². The summed E-state index contributed by atoms with van der Waals surface area (Å²) in [5.41, 5.74) is 1.99. The van der Waals surface area contributed by atoms with Gasteiger partial charge in [-0.1, -0.05) is 0 Å². The van der Waals surface area contributed by atoms with Crippen LogP contribution in [-0.4, -0.2) is 67.1 Å². The highest BCUT2D eigenvalue weighted by Crippen LogP contribution is 2.38. The zero-order chi connectivity index (χ0) is 22.6. The Bertz CT molecular complexity index is 1050. The smallest absolute Gasteiger partial charge is 0.244 e. The van der Waals surface area contributed by atoms with Crippen LogP contribution in [0, 0.1) is 0 Å². The van der Waals surface area contributed by atoms with Gasteiger partial charge in [0.1, 0.15) is 12.4 Å². The van der Waals surface area contributed by atoms with Gasteiger partial charge in [-0.05, 0) is 24.3 Å². The summed E-state index contributed by atoms with van der Waals surface area (Å²) in [4.78, 5) is 27.5. The summed E-state index contributed by atoms with van der Waals surface area (Å²) in [6, 6.07) is 9.05. The molecule has 0 aliphatic carbocycles. The van der Waals surface area contributed by atoms with Crippen molar-refractivity contribution < 1.29 is 18.6 Å². The van der Waals surface area contributed by atoms with Crippen molar-refractivity contribution in [3.05, 3.63) is 54.7 Å². The molecule has 0 bridgehead atoms. The highest BCUT2D eigenvalue weighted by molar-refractivity contribution is 8.23. The maximum atomic E-state index is 12.2. The number of hydrogen-bond acceptors (Lipinski definition) is 8. The van der Waals surface area contributed by atoms with Gasteiger partial charge in [-0.25, -0.2) is 15.0 Å². The van der Waals surface area contributed by atoms with Crippen LogP contribution in [0.1, 0.15) is 5.69 Å². The summed E-state index contributed by atoms with van der Waals surface area (Å²) in [5.74, 6) is 1.12. The molecule has 1 aliphatic heterocycles. The van der Waals surface area contributed by atoms with Crippen LogP contribution in [0.5, 0.6) is 0 Å². The lowest BCUT2D eigenvalue weighted by Crippen LogP contribution is -2.37. The van der Waals surface area contributed by atoms with Crippen LogP contribution in [0.4, 0.5) is 11.5 Å². The van der Waals surface area contributed by atoms with Crippen molar-refractivity contribution in [2.45, 2.75) is 12.3 Å². The number of anilines is 2. The van der Waals surface area contributed by atoms with Crippen LogP contribution in [-0.2, 0) is 21.8 Å². The number of nitrogens with zero attached hydrogens (tertiary/aromatic N) is 5. The number of carbonyl (C=O) groups excluding carboxylic acids is 1. The second-order valence-corrected chi connectivity index (χ2v) is 9.92. The van der Waals surface area contributed by atoms with E-state index in [-0.39, 0.29) is 18.2 Å². The molecule has 0 unspecified atom stereocenters. The molecule has 10 nitrogen and oxygen atoms in total. The summed E-state index contributed by atoms with van der Waals surface area (Å²) in [6.45, 7) is 2.83. The summed E-state index contributed by atoms with van der Waals surface area (Å²) in [5, 5.41) is 2.85. The molecule has 0 radical (unpaired) electrons. The highest BCUT2D eigenvalue weighted by Gasteiger charge is 2.18. The van der Waals surface area contributed by atoms with Gasteiger partial charge in [0.25, 0.3) is 0 Å². The van der Waals surface area contributed by atoms with E-state index in [1.165, 1.54) is 6.26 Å². The third-order valence-corrected chi connectivity index (χ3v) is 5.68. The normalized spacial score (nSPS) is 14.9. The first-order valence-corrected chi connectivity index (χ1v) is 12.3. The molecule has 32 heavy (non-hydrogen) atoms. The number of imidazole rings is 1. The Morgan fingerprint density at radius 1 is 1.19 bits per heavy atom. The van der Waals surface area contributed by atoms with Gasteiger partial charge in [0.15, 0.2) is 5.82 Å². The molecule has 3 N–H and O–H groups in total. The second kappa shape index (κ2) is 9.65. The lowest BCUT2D eigenvalue weighted by molar-refractivity contribution is -0.116. The third-order valence-electron chi connectivity index (χ3n) is 4.83. The van der Waals surface area contributed by atoms with Crippen molar-refractivity contribution in [1.82, 2.24) is 19.5 Å². The summed E-state index contributed by atoms with van der Waals surface area (Å²) >= 11 is 0. The summed E-state index contributed by atoms with van der Waals surface area (Å²) < 4.78 is 27.0. The molecular weight excluding hydrogens is 432 g/mol. The van der Waals surface area contributed by atoms with E-state index in [4.69, 9.17) is 9.72 Å². The van der Waals surface area contributed by atoms with Gasteiger partial charge in [-0.3, -0.25) is 13.9 Å². The van der Waals surface area contributed by atoms with Gasteiger partial charge in [-0.15, -0.1) is 0 Å². The molecule has 0 atom stereocenters. The first-order chi connectivity index (χ1) is 15.4. The van der Waals surface area contributed by atoms with E-state index in [0.29, 0.717) is 43.5 Å². The highest BCUT2D eigenvalue weighted by atomic mass is 32.3. The Morgan fingerprint density at radius 3 is 2.59 bits per heavy atom. The van der Waals surface area contributed by atoms with Crippen molar-refractivity contribution in [3.63, 3.8) is 0 Å². The first-order valence-electron chi connectivity index (χ1n) is 10.1. The van der Waals surface area contributed by atoms with Gasteiger partial charge >= 0.3 is 0 Å². The number of rotatable bonds is 7. The minimum absolute atomic E-state index is 0.0578. The Balaban J connectivity index is 1.54. The average molecular weight is 459 g/mol. The minimum atomic E-state index is -2.75. The zero-order valence-electron chi connectivity index (χ0n) is 17.7. The molecule has 1 aliphatic rings. The van der Waals surface area contributed by atoms with Gasteiger partial charge in [0.05, 0.1) is 31.0 Å². The van der Waals surface area contributed by atoms with Crippen LogP contribution >= 0.6 is 10.6 Å². The molecule has 1 aromatic carbocycles. The molecule has 3 aromatic rings. The third kappa shape index (κ3) is 6.04. The van der Waals surface area contributed by atoms with Crippen LogP contribution in [0.3, 0.4) is 0 Å². The topological polar surface area (TPSA) is 126 Å². The largest absolute Gasteiger partial charge is 0.378 e. The molecule has 0 spiro atoms. The predicted molar refractivity (Wildman–Crippen MR) is 124 cm³/mol. The molecule has 0 saturated carbocycles.